The van der Waals surface area contributed by atoms with Crippen LogP contribution in [0.5, 0.6) is 5.75 Å². The van der Waals surface area contributed by atoms with Gasteiger partial charge >= 0.3 is 0 Å². The van der Waals surface area contributed by atoms with Crippen LogP contribution in [0.1, 0.15) is 22.6 Å². The fourth-order valence-corrected chi connectivity index (χ4v) is 2.55. The number of hydrogen-bond donors (Lipinski definition) is 1. The molecule has 0 saturated heterocycles. The SMILES string of the molecule is COc1ccc2c(c1)CNC(=O)[C@@H]2c1ccccc1. The third kappa shape index (κ3) is 2.08. The average molecular weight is 253 g/mol. The van der Waals surface area contributed by atoms with E-state index in [1.807, 2.05) is 48.5 Å². The summed E-state index contributed by atoms with van der Waals surface area (Å²) in [6.45, 7) is 0.564. The van der Waals surface area contributed by atoms with Gasteiger partial charge in [-0.25, -0.2) is 0 Å². The smallest absolute Gasteiger partial charge is 0.232 e. The normalized spacial score (nSPS) is 17.5. The van der Waals surface area contributed by atoms with E-state index in [-0.39, 0.29) is 11.8 Å². The van der Waals surface area contributed by atoms with Crippen molar-refractivity contribution in [3.63, 3.8) is 0 Å². The van der Waals surface area contributed by atoms with Gasteiger partial charge in [-0.05, 0) is 28.8 Å². The number of methoxy groups -OCH3 is 1. The van der Waals surface area contributed by atoms with Crippen molar-refractivity contribution in [1.29, 1.82) is 0 Å². The summed E-state index contributed by atoms with van der Waals surface area (Å²) in [5.74, 6) is 0.654. The fourth-order valence-electron chi connectivity index (χ4n) is 2.55. The lowest BCUT2D eigenvalue weighted by Crippen LogP contribution is -2.35. The molecule has 3 heteroatoms. The number of benzene rings is 2. The van der Waals surface area contributed by atoms with E-state index in [4.69, 9.17) is 4.74 Å². The molecule has 0 fully saturated rings. The molecule has 1 atom stereocenters. The van der Waals surface area contributed by atoms with E-state index in [2.05, 4.69) is 5.32 Å². The maximum atomic E-state index is 12.2. The summed E-state index contributed by atoms with van der Waals surface area (Å²) in [5.41, 5.74) is 3.20. The fraction of sp³-hybridized carbons (Fsp3) is 0.188. The number of fused-ring (bicyclic) bond motifs is 1. The Morgan fingerprint density at radius 2 is 1.95 bits per heavy atom. The van der Waals surface area contributed by atoms with E-state index in [1.165, 1.54) is 0 Å². The first-order chi connectivity index (χ1) is 9.29. The van der Waals surface area contributed by atoms with Crippen LogP contribution in [-0.4, -0.2) is 13.0 Å². The van der Waals surface area contributed by atoms with Crippen LogP contribution >= 0.6 is 0 Å². The number of rotatable bonds is 2. The molecule has 0 radical (unpaired) electrons. The Bertz CT molecular complexity index is 607. The van der Waals surface area contributed by atoms with Gasteiger partial charge in [0.25, 0.3) is 0 Å². The van der Waals surface area contributed by atoms with Gasteiger partial charge in [0.05, 0.1) is 13.0 Å². The predicted molar refractivity (Wildman–Crippen MR) is 73.1 cm³/mol. The second-order valence-corrected chi connectivity index (χ2v) is 4.63. The Hall–Kier alpha value is -2.29. The van der Waals surface area contributed by atoms with Crippen molar-refractivity contribution in [2.75, 3.05) is 7.11 Å². The molecule has 0 aliphatic carbocycles. The van der Waals surface area contributed by atoms with Crippen molar-refractivity contribution in [1.82, 2.24) is 5.32 Å². The van der Waals surface area contributed by atoms with Gasteiger partial charge in [0, 0.05) is 6.54 Å². The van der Waals surface area contributed by atoms with Crippen LogP contribution in [0.4, 0.5) is 0 Å². The van der Waals surface area contributed by atoms with Gasteiger partial charge in [-0.2, -0.15) is 0 Å². The zero-order valence-corrected chi connectivity index (χ0v) is 10.7. The topological polar surface area (TPSA) is 38.3 Å². The lowest BCUT2D eigenvalue weighted by molar-refractivity contribution is -0.122. The van der Waals surface area contributed by atoms with E-state index >= 15 is 0 Å². The summed E-state index contributed by atoms with van der Waals surface area (Å²) < 4.78 is 5.24. The van der Waals surface area contributed by atoms with E-state index in [0.717, 1.165) is 22.4 Å². The maximum absolute atomic E-state index is 12.2. The third-order valence-corrected chi connectivity index (χ3v) is 3.51. The van der Waals surface area contributed by atoms with Crippen molar-refractivity contribution in [3.8, 4) is 5.75 Å². The Kier molecular flexibility index (Phi) is 2.95. The quantitative estimate of drug-likeness (QED) is 0.892. The van der Waals surface area contributed by atoms with Crippen LogP contribution in [0.25, 0.3) is 0 Å². The summed E-state index contributed by atoms with van der Waals surface area (Å²) in [4.78, 5) is 12.2. The summed E-state index contributed by atoms with van der Waals surface area (Å²) in [6, 6.07) is 15.7. The molecule has 1 aliphatic heterocycles. The molecule has 19 heavy (non-hydrogen) atoms. The second-order valence-electron chi connectivity index (χ2n) is 4.63. The van der Waals surface area contributed by atoms with Crippen LogP contribution in [0.15, 0.2) is 48.5 Å². The molecule has 0 unspecified atom stereocenters. The molecular weight excluding hydrogens is 238 g/mol. The number of hydrogen-bond acceptors (Lipinski definition) is 2. The van der Waals surface area contributed by atoms with Crippen molar-refractivity contribution in [2.24, 2.45) is 0 Å². The maximum Gasteiger partial charge on any atom is 0.232 e. The third-order valence-electron chi connectivity index (χ3n) is 3.51. The van der Waals surface area contributed by atoms with E-state index < -0.39 is 0 Å². The molecule has 3 rings (SSSR count). The minimum absolute atomic E-state index is 0.0591. The molecule has 3 nitrogen and oxygen atoms in total. The van der Waals surface area contributed by atoms with Crippen molar-refractivity contribution in [3.05, 3.63) is 65.2 Å². The van der Waals surface area contributed by atoms with Gasteiger partial charge in [-0.15, -0.1) is 0 Å². The minimum Gasteiger partial charge on any atom is -0.497 e. The summed E-state index contributed by atoms with van der Waals surface area (Å²) in [6.07, 6.45) is 0. The monoisotopic (exact) mass is 253 g/mol. The summed E-state index contributed by atoms with van der Waals surface area (Å²) in [7, 11) is 1.65. The van der Waals surface area contributed by atoms with Crippen LogP contribution in [-0.2, 0) is 11.3 Å². The van der Waals surface area contributed by atoms with E-state index in [1.54, 1.807) is 7.11 Å². The van der Waals surface area contributed by atoms with Crippen LogP contribution in [0.3, 0.4) is 0 Å². The lowest BCUT2D eigenvalue weighted by atomic mass is 9.85. The Morgan fingerprint density at radius 1 is 1.16 bits per heavy atom. The molecule has 1 amide bonds. The van der Waals surface area contributed by atoms with Crippen LogP contribution < -0.4 is 10.1 Å². The lowest BCUT2D eigenvalue weighted by Gasteiger charge is -2.26. The molecule has 0 aromatic heterocycles. The molecule has 0 saturated carbocycles. The molecule has 0 bridgehead atoms. The number of nitrogens with one attached hydrogen (secondary N) is 1. The highest BCUT2D eigenvalue weighted by molar-refractivity contribution is 5.89. The first-order valence-corrected chi connectivity index (χ1v) is 6.29. The van der Waals surface area contributed by atoms with Gasteiger partial charge in [-0.1, -0.05) is 36.4 Å². The predicted octanol–water partition coefficient (Wildman–Crippen LogP) is 2.46. The van der Waals surface area contributed by atoms with E-state index in [0.29, 0.717) is 6.54 Å². The zero-order valence-electron chi connectivity index (χ0n) is 10.7. The molecule has 1 aliphatic rings. The van der Waals surface area contributed by atoms with Gasteiger partial charge in [-0.3, -0.25) is 4.79 Å². The number of amides is 1. The van der Waals surface area contributed by atoms with Gasteiger partial charge in [0.2, 0.25) is 5.91 Å². The number of carbonyl (C=O) groups excluding carboxylic acids is 1. The first kappa shape index (κ1) is 11.8. The Labute approximate surface area is 112 Å². The summed E-state index contributed by atoms with van der Waals surface area (Å²) >= 11 is 0. The zero-order chi connectivity index (χ0) is 13.2. The van der Waals surface area contributed by atoms with Crippen molar-refractivity contribution < 1.29 is 9.53 Å². The second kappa shape index (κ2) is 4.76. The highest BCUT2D eigenvalue weighted by Crippen LogP contribution is 2.32. The molecule has 1 N–H and O–H groups in total. The van der Waals surface area contributed by atoms with Gasteiger partial charge in [0.1, 0.15) is 5.75 Å². The van der Waals surface area contributed by atoms with Crippen molar-refractivity contribution >= 4 is 5.91 Å². The highest BCUT2D eigenvalue weighted by atomic mass is 16.5. The largest absolute Gasteiger partial charge is 0.497 e. The summed E-state index contributed by atoms with van der Waals surface area (Å²) in [5, 5.41) is 2.94. The van der Waals surface area contributed by atoms with Crippen LogP contribution in [0.2, 0.25) is 0 Å². The van der Waals surface area contributed by atoms with Crippen LogP contribution in [0, 0.1) is 0 Å². The Balaban J connectivity index is 2.09. The molecule has 2 aromatic carbocycles. The molecule has 96 valence electrons. The molecular formula is C16H15NO2. The standard InChI is InChI=1S/C16H15NO2/c1-19-13-7-8-14-12(9-13)10-17-16(18)15(14)11-5-3-2-4-6-11/h2-9,15H,10H2,1H3,(H,17,18)/t15-/m1/s1. The highest BCUT2D eigenvalue weighted by Gasteiger charge is 2.28. The molecule has 1 heterocycles. The number of ether oxygens (including phenoxy) is 1. The van der Waals surface area contributed by atoms with Gasteiger partial charge < -0.3 is 10.1 Å². The first-order valence-electron chi connectivity index (χ1n) is 6.29. The number of carbonyl (C=O) groups is 1. The van der Waals surface area contributed by atoms with E-state index in [9.17, 15) is 4.79 Å². The van der Waals surface area contributed by atoms with Crippen molar-refractivity contribution in [2.45, 2.75) is 12.5 Å². The Morgan fingerprint density at radius 3 is 2.68 bits per heavy atom. The molecule has 0 spiro atoms. The molecule has 2 aromatic rings. The average Bonchev–Trinajstić information content (AvgIpc) is 2.47. The van der Waals surface area contributed by atoms with Gasteiger partial charge in [0.15, 0.2) is 0 Å². The minimum atomic E-state index is -0.226.